The third kappa shape index (κ3) is 3.16. The monoisotopic (exact) mass is 367 g/mol. The maximum absolute atomic E-state index is 12.3. The number of esters is 1. The van der Waals surface area contributed by atoms with E-state index in [0.29, 0.717) is 28.9 Å². The van der Waals surface area contributed by atoms with Gasteiger partial charge in [-0.15, -0.1) is 0 Å². The molecule has 0 spiro atoms. The zero-order chi connectivity index (χ0) is 18.4. The molecule has 3 aliphatic rings. The highest BCUT2D eigenvalue weighted by atomic mass is 35.5. The fraction of sp³-hybridized carbons (Fsp3) is 0.722. The van der Waals surface area contributed by atoms with Gasteiger partial charge in [0.1, 0.15) is 11.6 Å². The van der Waals surface area contributed by atoms with Crippen molar-refractivity contribution < 1.29 is 9.53 Å². The first kappa shape index (κ1) is 18.2. The second-order valence-corrected chi connectivity index (χ2v) is 8.22. The van der Waals surface area contributed by atoms with Crippen molar-refractivity contribution in [2.75, 3.05) is 11.9 Å². The molecule has 3 aliphatic carbocycles. The van der Waals surface area contributed by atoms with Gasteiger partial charge < -0.3 is 10.1 Å². The molecule has 25 heavy (non-hydrogen) atoms. The number of fused-ring (bicyclic) bond motifs is 2. The lowest BCUT2D eigenvalue weighted by Gasteiger charge is -2.62. The minimum Gasteiger partial charge on any atom is -0.465 e. The van der Waals surface area contributed by atoms with Crippen LogP contribution in [0, 0.1) is 23.2 Å². The van der Waals surface area contributed by atoms with Gasteiger partial charge in [0.2, 0.25) is 0 Å². The topological polar surface area (TPSA) is 73.2 Å². The van der Waals surface area contributed by atoms with Gasteiger partial charge in [-0.25, -0.2) is 4.68 Å². The Kier molecular flexibility index (Phi) is 4.84. The van der Waals surface area contributed by atoms with Crippen molar-refractivity contribution in [1.82, 2.24) is 9.78 Å². The van der Waals surface area contributed by atoms with Crippen molar-refractivity contribution in [3.05, 3.63) is 21.6 Å². The highest BCUT2D eigenvalue weighted by Gasteiger charge is 2.56. The molecule has 1 N–H and O–H groups in total. The number of nitrogens with one attached hydrogen (secondary N) is 1. The van der Waals surface area contributed by atoms with Gasteiger partial charge in [0.05, 0.1) is 18.5 Å². The van der Waals surface area contributed by atoms with Gasteiger partial charge in [0.15, 0.2) is 0 Å². The lowest BCUT2D eigenvalue weighted by atomic mass is 9.45. The van der Waals surface area contributed by atoms with Crippen LogP contribution in [0.1, 0.15) is 40.5 Å². The summed E-state index contributed by atoms with van der Waals surface area (Å²) in [5, 5.41) is 7.56. The van der Waals surface area contributed by atoms with Crippen molar-refractivity contribution in [3.8, 4) is 0 Å². The van der Waals surface area contributed by atoms with Gasteiger partial charge in [-0.1, -0.05) is 32.4 Å². The van der Waals surface area contributed by atoms with Gasteiger partial charge >= 0.3 is 5.97 Å². The molecular weight excluding hydrogens is 342 g/mol. The largest absolute Gasteiger partial charge is 0.465 e. The molecule has 1 aromatic rings. The van der Waals surface area contributed by atoms with Crippen LogP contribution in [-0.2, 0) is 16.1 Å². The smallest absolute Gasteiger partial charge is 0.327 e. The molecular formula is C18H26ClN3O3. The number of carbonyl (C=O) groups is 1. The molecule has 0 unspecified atom stereocenters. The lowest BCUT2D eigenvalue weighted by Crippen LogP contribution is -2.58. The van der Waals surface area contributed by atoms with Crippen LogP contribution in [0.25, 0.3) is 0 Å². The summed E-state index contributed by atoms with van der Waals surface area (Å²) in [6, 6.07) is 0.288. The van der Waals surface area contributed by atoms with E-state index in [4.69, 9.17) is 16.3 Å². The second kappa shape index (κ2) is 6.63. The third-order valence-electron chi connectivity index (χ3n) is 6.26. The Hall–Kier alpha value is -1.56. The van der Waals surface area contributed by atoms with E-state index in [1.165, 1.54) is 12.6 Å². The lowest BCUT2D eigenvalue weighted by molar-refractivity contribution is -0.144. The van der Waals surface area contributed by atoms with Crippen LogP contribution < -0.4 is 10.9 Å². The summed E-state index contributed by atoms with van der Waals surface area (Å²) in [5.41, 5.74) is 0.472. The maximum atomic E-state index is 12.3. The number of halogens is 1. The first-order chi connectivity index (χ1) is 11.8. The number of anilines is 1. The van der Waals surface area contributed by atoms with Crippen molar-refractivity contribution in [3.63, 3.8) is 0 Å². The Labute approximate surface area is 152 Å². The normalized spacial score (nSPS) is 29.6. The molecule has 0 aromatic carbocycles. The Bertz CT molecular complexity index is 731. The molecule has 1 heterocycles. The highest BCUT2D eigenvalue weighted by Crippen LogP contribution is 2.61. The van der Waals surface area contributed by atoms with Gasteiger partial charge in [-0.3, -0.25) is 9.59 Å². The van der Waals surface area contributed by atoms with E-state index >= 15 is 0 Å². The van der Waals surface area contributed by atoms with Crippen LogP contribution in [0.15, 0.2) is 11.0 Å². The first-order valence-corrected chi connectivity index (χ1v) is 9.31. The van der Waals surface area contributed by atoms with E-state index in [9.17, 15) is 9.59 Å². The van der Waals surface area contributed by atoms with Crippen LogP contribution in [0.2, 0.25) is 5.02 Å². The Morgan fingerprint density at radius 1 is 1.48 bits per heavy atom. The molecule has 2 bridgehead atoms. The van der Waals surface area contributed by atoms with Crippen LogP contribution in [0.5, 0.6) is 0 Å². The molecule has 0 aliphatic heterocycles. The van der Waals surface area contributed by atoms with Gasteiger partial charge in [-0.05, 0) is 42.9 Å². The predicted molar refractivity (Wildman–Crippen MR) is 96.7 cm³/mol. The predicted octanol–water partition coefficient (Wildman–Crippen LogP) is 2.94. The van der Waals surface area contributed by atoms with E-state index in [1.807, 2.05) is 0 Å². The molecule has 3 fully saturated rings. The average molecular weight is 368 g/mol. The standard InChI is InChI=1S/C18H26ClN3O3/c1-5-25-15(23)9-22-17(24)16(19)14(8-20-22)21-13-7-11-6-12(10(13)2)18(11,3)4/h8,10-13,21H,5-7,9H2,1-4H3/t10-,11-,12+,13-/m1/s1. The minimum atomic E-state index is -0.503. The van der Waals surface area contributed by atoms with Crippen molar-refractivity contribution in [1.29, 1.82) is 0 Å². The number of hydrogen-bond acceptors (Lipinski definition) is 5. The molecule has 3 saturated carbocycles. The average Bonchev–Trinajstić information content (AvgIpc) is 2.55. The summed E-state index contributed by atoms with van der Waals surface area (Å²) in [7, 11) is 0. The number of rotatable bonds is 5. The number of hydrogen-bond donors (Lipinski definition) is 1. The van der Waals surface area contributed by atoms with E-state index in [1.54, 1.807) is 6.92 Å². The second-order valence-electron chi connectivity index (χ2n) is 7.85. The SMILES string of the molecule is CCOC(=O)Cn1ncc(N[C@@H]2C[C@H]3C[C@@H]([C@H]2C)C3(C)C)c(Cl)c1=O. The quantitative estimate of drug-likeness (QED) is 0.810. The van der Waals surface area contributed by atoms with Gasteiger partial charge in [-0.2, -0.15) is 5.10 Å². The Morgan fingerprint density at radius 2 is 2.20 bits per heavy atom. The molecule has 7 heteroatoms. The Balaban J connectivity index is 1.73. The summed E-state index contributed by atoms with van der Waals surface area (Å²) in [6.45, 7) is 8.71. The van der Waals surface area contributed by atoms with Crippen LogP contribution >= 0.6 is 11.6 Å². The maximum Gasteiger partial charge on any atom is 0.327 e. The van der Waals surface area contributed by atoms with Crippen LogP contribution in [0.4, 0.5) is 5.69 Å². The van der Waals surface area contributed by atoms with Crippen molar-refractivity contribution >= 4 is 23.3 Å². The molecule has 0 saturated heterocycles. The fourth-order valence-electron chi connectivity index (χ4n) is 4.55. The summed E-state index contributed by atoms with van der Waals surface area (Å²) in [4.78, 5) is 23.9. The number of nitrogens with zero attached hydrogens (tertiary/aromatic N) is 2. The molecule has 0 amide bonds. The van der Waals surface area contributed by atoms with Crippen LogP contribution in [-0.4, -0.2) is 28.4 Å². The van der Waals surface area contributed by atoms with Crippen molar-refractivity contribution in [2.24, 2.45) is 23.2 Å². The van der Waals surface area contributed by atoms with Crippen LogP contribution in [0.3, 0.4) is 0 Å². The zero-order valence-electron chi connectivity index (χ0n) is 15.2. The Morgan fingerprint density at radius 3 is 2.80 bits per heavy atom. The number of carbonyl (C=O) groups excluding carboxylic acids is 1. The number of aromatic nitrogens is 2. The minimum absolute atomic E-state index is 0.0741. The summed E-state index contributed by atoms with van der Waals surface area (Å²) < 4.78 is 5.88. The molecule has 138 valence electrons. The first-order valence-electron chi connectivity index (χ1n) is 8.93. The van der Waals surface area contributed by atoms with Crippen molar-refractivity contribution in [2.45, 2.75) is 53.1 Å². The zero-order valence-corrected chi connectivity index (χ0v) is 16.0. The van der Waals surface area contributed by atoms with E-state index in [2.05, 4.69) is 31.2 Å². The van der Waals surface area contributed by atoms with E-state index < -0.39 is 11.5 Å². The van der Waals surface area contributed by atoms with Gasteiger partial charge in [0.25, 0.3) is 5.56 Å². The summed E-state index contributed by atoms with van der Waals surface area (Å²) in [5.74, 6) is 1.41. The molecule has 4 rings (SSSR count). The third-order valence-corrected chi connectivity index (χ3v) is 6.63. The van der Waals surface area contributed by atoms with E-state index in [0.717, 1.165) is 11.1 Å². The summed E-state index contributed by atoms with van der Waals surface area (Å²) in [6.07, 6.45) is 3.90. The molecule has 1 aromatic heterocycles. The van der Waals surface area contributed by atoms with E-state index in [-0.39, 0.29) is 24.2 Å². The van der Waals surface area contributed by atoms with Gasteiger partial charge in [0, 0.05) is 6.04 Å². The molecule has 0 radical (unpaired) electrons. The highest BCUT2D eigenvalue weighted by molar-refractivity contribution is 6.32. The summed E-state index contributed by atoms with van der Waals surface area (Å²) >= 11 is 6.24. The molecule has 4 atom stereocenters. The molecule has 6 nitrogen and oxygen atoms in total. The number of ether oxygens (including phenoxy) is 1. The fourth-order valence-corrected chi connectivity index (χ4v) is 4.75.